The van der Waals surface area contributed by atoms with Gasteiger partial charge in [-0.05, 0) is 26.2 Å². The zero-order valence-corrected chi connectivity index (χ0v) is 14.0. The molecule has 1 saturated carbocycles. The summed E-state index contributed by atoms with van der Waals surface area (Å²) < 4.78 is 7.70. The molecule has 7 heteroatoms. The van der Waals surface area contributed by atoms with Gasteiger partial charge >= 0.3 is 0 Å². The lowest BCUT2D eigenvalue weighted by atomic mass is 10.1. The third-order valence-corrected chi connectivity index (χ3v) is 4.75. The molecular weight excluding hydrogens is 292 g/mol. The zero-order chi connectivity index (χ0) is 16.0. The van der Waals surface area contributed by atoms with Crippen molar-refractivity contribution in [3.63, 3.8) is 0 Å². The molecule has 7 nitrogen and oxygen atoms in total. The Balaban J connectivity index is 1.43. The molecule has 2 aromatic heterocycles. The van der Waals surface area contributed by atoms with E-state index in [1.807, 2.05) is 0 Å². The molecule has 4 rings (SSSR count). The van der Waals surface area contributed by atoms with Crippen LogP contribution in [0.4, 0.5) is 0 Å². The van der Waals surface area contributed by atoms with Crippen LogP contribution in [0.15, 0.2) is 4.52 Å². The number of aryl methyl sites for hydroxylation is 1. The maximum absolute atomic E-state index is 5.43. The molecule has 0 saturated heterocycles. The van der Waals surface area contributed by atoms with Gasteiger partial charge in [-0.15, -0.1) is 10.2 Å². The molecule has 0 bridgehead atoms. The first-order chi connectivity index (χ1) is 11.1. The van der Waals surface area contributed by atoms with Crippen molar-refractivity contribution >= 4 is 0 Å². The third kappa shape index (κ3) is 2.89. The number of fused-ring (bicyclic) bond motifs is 1. The Bertz CT molecular complexity index is 687. The average Bonchev–Trinajstić information content (AvgIpc) is 3.11. The summed E-state index contributed by atoms with van der Waals surface area (Å²) in [5.74, 6) is 4.68. The van der Waals surface area contributed by atoms with Crippen LogP contribution >= 0.6 is 0 Å². The monoisotopic (exact) mass is 316 g/mol. The van der Waals surface area contributed by atoms with Gasteiger partial charge in [-0.3, -0.25) is 0 Å². The first-order valence-corrected chi connectivity index (χ1v) is 8.63. The van der Waals surface area contributed by atoms with E-state index in [0.29, 0.717) is 23.8 Å². The van der Waals surface area contributed by atoms with E-state index in [0.717, 1.165) is 36.9 Å². The Morgan fingerprint density at radius 1 is 1.17 bits per heavy atom. The smallest absolute Gasteiger partial charge is 0.243 e. The SMILES string of the molecule is CC(C)c1nnc2n1C[C@H](N[C@H](C)c1nc(C3CC3)no1)CC2. The Morgan fingerprint density at radius 3 is 2.74 bits per heavy atom. The van der Waals surface area contributed by atoms with Crippen LogP contribution in [0.1, 0.15) is 81.3 Å². The molecular formula is C16H24N6O. The Kier molecular flexibility index (Phi) is 3.67. The summed E-state index contributed by atoms with van der Waals surface area (Å²) in [5.41, 5.74) is 0. The van der Waals surface area contributed by atoms with Gasteiger partial charge in [-0.1, -0.05) is 19.0 Å². The van der Waals surface area contributed by atoms with Gasteiger partial charge in [-0.2, -0.15) is 4.98 Å². The standard InChI is InChI=1S/C16H24N6O/c1-9(2)15-20-19-13-7-6-12(8-22(13)15)17-10(3)16-18-14(21-23-16)11-4-5-11/h9-12,17H,4-8H2,1-3H3/t10-,12-/m1/s1. The number of nitrogens with one attached hydrogen (secondary N) is 1. The predicted molar refractivity (Wildman–Crippen MR) is 84.0 cm³/mol. The normalized spacial score (nSPS) is 22.3. The summed E-state index contributed by atoms with van der Waals surface area (Å²) in [6.45, 7) is 7.32. The van der Waals surface area contributed by atoms with Crippen LogP contribution in [0.3, 0.4) is 0 Å². The van der Waals surface area contributed by atoms with E-state index in [1.165, 1.54) is 12.8 Å². The van der Waals surface area contributed by atoms with E-state index < -0.39 is 0 Å². The number of hydrogen-bond acceptors (Lipinski definition) is 6. The van der Waals surface area contributed by atoms with Gasteiger partial charge in [0.1, 0.15) is 11.6 Å². The molecule has 2 atom stereocenters. The lowest BCUT2D eigenvalue weighted by Gasteiger charge is -2.27. The van der Waals surface area contributed by atoms with Crippen molar-refractivity contribution < 1.29 is 4.52 Å². The largest absolute Gasteiger partial charge is 0.338 e. The number of rotatable bonds is 5. The molecule has 2 aliphatic rings. The van der Waals surface area contributed by atoms with Crippen LogP contribution in [0.2, 0.25) is 0 Å². The average molecular weight is 316 g/mol. The zero-order valence-electron chi connectivity index (χ0n) is 14.0. The second-order valence-corrected chi connectivity index (χ2v) is 7.13. The van der Waals surface area contributed by atoms with Crippen LogP contribution in [-0.2, 0) is 13.0 Å². The molecule has 124 valence electrons. The molecule has 3 heterocycles. The molecule has 0 aromatic carbocycles. The fourth-order valence-corrected chi connectivity index (χ4v) is 3.27. The molecule has 0 radical (unpaired) electrons. The van der Waals surface area contributed by atoms with Crippen molar-refractivity contribution in [3.05, 3.63) is 23.4 Å². The van der Waals surface area contributed by atoms with E-state index in [9.17, 15) is 0 Å². The summed E-state index contributed by atoms with van der Waals surface area (Å²) >= 11 is 0. The van der Waals surface area contributed by atoms with E-state index >= 15 is 0 Å². The van der Waals surface area contributed by atoms with Crippen LogP contribution in [-0.4, -0.2) is 30.9 Å². The maximum atomic E-state index is 5.43. The highest BCUT2D eigenvalue weighted by molar-refractivity contribution is 5.06. The fourth-order valence-electron chi connectivity index (χ4n) is 3.27. The first kappa shape index (κ1) is 14.8. The number of hydrogen-bond donors (Lipinski definition) is 1. The van der Waals surface area contributed by atoms with Gasteiger partial charge in [0.15, 0.2) is 5.82 Å². The maximum Gasteiger partial charge on any atom is 0.243 e. The second-order valence-electron chi connectivity index (χ2n) is 7.13. The van der Waals surface area contributed by atoms with E-state index in [4.69, 9.17) is 4.52 Å². The van der Waals surface area contributed by atoms with Crippen molar-refractivity contribution in [2.75, 3.05) is 0 Å². The summed E-state index contributed by atoms with van der Waals surface area (Å²) in [6, 6.07) is 0.447. The van der Waals surface area contributed by atoms with Crippen LogP contribution in [0, 0.1) is 0 Å². The van der Waals surface area contributed by atoms with Crippen LogP contribution in [0.5, 0.6) is 0 Å². The van der Waals surface area contributed by atoms with Crippen molar-refractivity contribution in [2.24, 2.45) is 0 Å². The van der Waals surface area contributed by atoms with Crippen molar-refractivity contribution in [3.8, 4) is 0 Å². The quantitative estimate of drug-likeness (QED) is 0.911. The Labute approximate surface area is 135 Å². The minimum atomic E-state index is 0.0699. The summed E-state index contributed by atoms with van der Waals surface area (Å²) in [6.07, 6.45) is 4.40. The van der Waals surface area contributed by atoms with Gasteiger partial charge in [0.2, 0.25) is 5.89 Å². The highest BCUT2D eigenvalue weighted by Gasteiger charge is 2.30. The Morgan fingerprint density at radius 2 is 2.00 bits per heavy atom. The first-order valence-electron chi connectivity index (χ1n) is 8.63. The van der Waals surface area contributed by atoms with Gasteiger partial charge in [-0.25, -0.2) is 0 Å². The highest BCUT2D eigenvalue weighted by Crippen LogP contribution is 2.38. The molecule has 23 heavy (non-hydrogen) atoms. The molecule has 1 aliphatic heterocycles. The fraction of sp³-hybridized carbons (Fsp3) is 0.750. The Hall–Kier alpha value is -1.76. The molecule has 1 N–H and O–H groups in total. The second kappa shape index (κ2) is 5.70. The molecule has 2 aromatic rings. The summed E-state index contributed by atoms with van der Waals surface area (Å²) in [5, 5.41) is 16.4. The molecule has 0 unspecified atom stereocenters. The molecule has 1 fully saturated rings. The number of nitrogens with zero attached hydrogens (tertiary/aromatic N) is 5. The van der Waals surface area contributed by atoms with Crippen molar-refractivity contribution in [1.29, 1.82) is 0 Å². The van der Waals surface area contributed by atoms with Crippen LogP contribution in [0.25, 0.3) is 0 Å². The molecule has 0 spiro atoms. The third-order valence-electron chi connectivity index (χ3n) is 4.75. The van der Waals surface area contributed by atoms with Gasteiger partial charge < -0.3 is 14.4 Å². The topological polar surface area (TPSA) is 81.7 Å². The van der Waals surface area contributed by atoms with Crippen LogP contribution < -0.4 is 5.32 Å². The summed E-state index contributed by atoms with van der Waals surface area (Å²) in [4.78, 5) is 4.55. The van der Waals surface area contributed by atoms with E-state index in [2.05, 4.69) is 51.0 Å². The molecule has 0 amide bonds. The van der Waals surface area contributed by atoms with Gasteiger partial charge in [0.25, 0.3) is 0 Å². The van der Waals surface area contributed by atoms with E-state index in [-0.39, 0.29) is 6.04 Å². The van der Waals surface area contributed by atoms with Crippen molar-refractivity contribution in [2.45, 2.75) is 76.9 Å². The number of aromatic nitrogens is 5. The van der Waals surface area contributed by atoms with Gasteiger partial charge in [0.05, 0.1) is 6.04 Å². The molecule has 1 aliphatic carbocycles. The lowest BCUT2D eigenvalue weighted by molar-refractivity contribution is 0.291. The highest BCUT2D eigenvalue weighted by atomic mass is 16.5. The minimum Gasteiger partial charge on any atom is -0.338 e. The minimum absolute atomic E-state index is 0.0699. The van der Waals surface area contributed by atoms with Gasteiger partial charge in [0, 0.05) is 30.8 Å². The summed E-state index contributed by atoms with van der Waals surface area (Å²) in [7, 11) is 0. The lowest BCUT2D eigenvalue weighted by Crippen LogP contribution is -2.39. The predicted octanol–water partition coefficient (Wildman–Crippen LogP) is 2.33. The van der Waals surface area contributed by atoms with E-state index in [1.54, 1.807) is 0 Å². The van der Waals surface area contributed by atoms with Crippen molar-refractivity contribution in [1.82, 2.24) is 30.2 Å².